The Labute approximate surface area is 179 Å². The van der Waals surface area contributed by atoms with Gasteiger partial charge >= 0.3 is 63.3 Å². The Balaban J connectivity index is 0. The molecule has 0 amide bonds. The Morgan fingerprint density at radius 3 is 2.13 bits per heavy atom. The Morgan fingerprint density at radius 1 is 1.04 bits per heavy atom. The van der Waals surface area contributed by atoms with Gasteiger partial charge in [-0.05, 0) is 6.42 Å². The molecule has 128 valence electrons. The standard InChI is InChI=1S/C15H26O7.K/c1-2-3-4-5-6-7-8-11(9-13(18)19)14(20)22-15(21)12(17)10-16;/h11-12,16-17H,2-10H2,1H3,(H,18,19);/q;+1/p-1. The Kier molecular flexibility index (Phi) is 17.3. The summed E-state index contributed by atoms with van der Waals surface area (Å²) in [6, 6.07) is 0. The molecule has 2 atom stereocenters. The first-order valence-electron chi connectivity index (χ1n) is 7.66. The van der Waals surface area contributed by atoms with Crippen molar-refractivity contribution in [3.8, 4) is 0 Å². The monoisotopic (exact) mass is 356 g/mol. The molecule has 0 aromatic carbocycles. The predicted octanol–water partition coefficient (Wildman–Crippen LogP) is -3.08. The van der Waals surface area contributed by atoms with Gasteiger partial charge in [0.05, 0.1) is 12.5 Å². The number of carbonyl (C=O) groups is 3. The Bertz CT molecular complexity index is 360. The van der Waals surface area contributed by atoms with Gasteiger partial charge in [0, 0.05) is 12.4 Å². The molecule has 0 saturated carbocycles. The summed E-state index contributed by atoms with van der Waals surface area (Å²) in [5.74, 6) is -4.66. The van der Waals surface area contributed by atoms with Crippen LogP contribution in [-0.4, -0.2) is 40.8 Å². The van der Waals surface area contributed by atoms with E-state index in [0.29, 0.717) is 6.42 Å². The number of rotatable bonds is 12. The number of aliphatic carboxylic acids is 1. The third-order valence-electron chi connectivity index (χ3n) is 3.30. The SMILES string of the molecule is CCCCCCCCC(CC(=O)[O-])C(=O)OC(=O)C(O)CO.[K+]. The van der Waals surface area contributed by atoms with E-state index in [2.05, 4.69) is 11.7 Å². The van der Waals surface area contributed by atoms with E-state index in [1.807, 2.05) is 0 Å². The second kappa shape index (κ2) is 15.7. The minimum atomic E-state index is -1.80. The molecular formula is C15H25KO7. The molecule has 0 aliphatic carbocycles. The maximum absolute atomic E-state index is 11.7. The quantitative estimate of drug-likeness (QED) is 0.164. The fourth-order valence-electron chi connectivity index (χ4n) is 2.00. The zero-order valence-electron chi connectivity index (χ0n) is 14.0. The number of unbranched alkanes of at least 4 members (excludes halogenated alkanes) is 5. The van der Waals surface area contributed by atoms with Crippen LogP contribution >= 0.6 is 0 Å². The third-order valence-corrected chi connectivity index (χ3v) is 3.30. The molecule has 2 unspecified atom stereocenters. The third kappa shape index (κ3) is 13.2. The number of esters is 2. The molecule has 0 aliphatic heterocycles. The Hall–Kier alpha value is 0.166. The van der Waals surface area contributed by atoms with Crippen LogP contribution in [0.2, 0.25) is 0 Å². The number of aliphatic hydroxyl groups excluding tert-OH is 2. The molecule has 0 saturated heterocycles. The van der Waals surface area contributed by atoms with E-state index < -0.39 is 43.0 Å². The molecule has 0 rings (SSSR count). The number of carboxylic acid groups (broad SMARTS) is 1. The van der Waals surface area contributed by atoms with Crippen LogP contribution in [0.5, 0.6) is 0 Å². The van der Waals surface area contributed by atoms with Gasteiger partial charge in [-0.1, -0.05) is 45.4 Å². The van der Waals surface area contributed by atoms with Crippen LogP contribution in [0.1, 0.15) is 58.3 Å². The summed E-state index contributed by atoms with van der Waals surface area (Å²) >= 11 is 0. The molecule has 0 aromatic heterocycles. The molecule has 8 heteroatoms. The first-order valence-corrected chi connectivity index (χ1v) is 7.66. The second-order valence-electron chi connectivity index (χ2n) is 5.27. The average Bonchev–Trinajstić information content (AvgIpc) is 2.47. The maximum atomic E-state index is 11.7. The molecular weight excluding hydrogens is 331 g/mol. The summed E-state index contributed by atoms with van der Waals surface area (Å²) in [7, 11) is 0. The van der Waals surface area contributed by atoms with Crippen LogP contribution in [0, 0.1) is 5.92 Å². The molecule has 0 radical (unpaired) electrons. The molecule has 0 bridgehead atoms. The van der Waals surface area contributed by atoms with Gasteiger partial charge in [-0.25, -0.2) is 4.79 Å². The predicted molar refractivity (Wildman–Crippen MR) is 75.3 cm³/mol. The summed E-state index contributed by atoms with van der Waals surface area (Å²) in [6.45, 7) is 1.23. The van der Waals surface area contributed by atoms with Crippen LogP contribution in [0.4, 0.5) is 0 Å². The van der Waals surface area contributed by atoms with Crippen molar-refractivity contribution in [2.75, 3.05) is 6.61 Å². The molecule has 2 N–H and O–H groups in total. The van der Waals surface area contributed by atoms with E-state index in [0.717, 1.165) is 32.1 Å². The van der Waals surface area contributed by atoms with Gasteiger partial charge in [0.15, 0.2) is 6.10 Å². The molecule has 0 spiro atoms. The van der Waals surface area contributed by atoms with Gasteiger partial charge in [0.25, 0.3) is 0 Å². The Morgan fingerprint density at radius 2 is 1.61 bits per heavy atom. The molecule has 7 nitrogen and oxygen atoms in total. The molecule has 0 aliphatic rings. The van der Waals surface area contributed by atoms with Gasteiger partial charge in [0.1, 0.15) is 0 Å². The van der Waals surface area contributed by atoms with E-state index in [1.165, 1.54) is 0 Å². The molecule has 23 heavy (non-hydrogen) atoms. The van der Waals surface area contributed by atoms with Crippen molar-refractivity contribution >= 4 is 17.9 Å². The van der Waals surface area contributed by atoms with Crippen LogP contribution < -0.4 is 56.5 Å². The minimum absolute atomic E-state index is 0. The van der Waals surface area contributed by atoms with Crippen molar-refractivity contribution in [3.05, 3.63) is 0 Å². The van der Waals surface area contributed by atoms with Crippen molar-refractivity contribution in [1.82, 2.24) is 0 Å². The van der Waals surface area contributed by atoms with Gasteiger partial charge in [-0.15, -0.1) is 0 Å². The topological polar surface area (TPSA) is 124 Å². The van der Waals surface area contributed by atoms with E-state index in [9.17, 15) is 19.5 Å². The summed E-state index contributed by atoms with van der Waals surface area (Å²) in [6.07, 6.45) is 3.81. The van der Waals surface area contributed by atoms with Crippen LogP contribution in [0.3, 0.4) is 0 Å². The van der Waals surface area contributed by atoms with Crippen LogP contribution in [-0.2, 0) is 19.1 Å². The summed E-state index contributed by atoms with van der Waals surface area (Å²) < 4.78 is 4.38. The van der Waals surface area contributed by atoms with Crippen molar-refractivity contribution in [2.24, 2.45) is 5.92 Å². The normalized spacial score (nSPS) is 12.8. The minimum Gasteiger partial charge on any atom is -0.550 e. The van der Waals surface area contributed by atoms with Gasteiger partial charge < -0.3 is 24.9 Å². The van der Waals surface area contributed by atoms with E-state index in [4.69, 9.17) is 10.2 Å². The number of hydrogen-bond donors (Lipinski definition) is 2. The fourth-order valence-corrected chi connectivity index (χ4v) is 2.00. The van der Waals surface area contributed by atoms with E-state index in [-0.39, 0.29) is 57.8 Å². The largest absolute Gasteiger partial charge is 1.00 e. The zero-order valence-corrected chi connectivity index (χ0v) is 17.1. The fraction of sp³-hybridized carbons (Fsp3) is 0.800. The summed E-state index contributed by atoms with van der Waals surface area (Å²) in [4.78, 5) is 33.6. The maximum Gasteiger partial charge on any atom is 1.00 e. The first-order chi connectivity index (χ1) is 10.4. The van der Waals surface area contributed by atoms with Gasteiger partial charge in [0.2, 0.25) is 0 Å². The first kappa shape index (κ1) is 25.4. The molecule has 0 heterocycles. The van der Waals surface area contributed by atoms with Crippen LogP contribution in [0.25, 0.3) is 0 Å². The smallest absolute Gasteiger partial charge is 0.550 e. The van der Waals surface area contributed by atoms with Crippen molar-refractivity contribution in [2.45, 2.75) is 64.4 Å². The number of aliphatic hydroxyl groups is 2. The molecule has 0 aromatic rings. The van der Waals surface area contributed by atoms with E-state index in [1.54, 1.807) is 0 Å². The van der Waals surface area contributed by atoms with E-state index >= 15 is 0 Å². The van der Waals surface area contributed by atoms with Gasteiger partial charge in [-0.3, -0.25) is 4.79 Å². The van der Waals surface area contributed by atoms with Crippen molar-refractivity contribution in [1.29, 1.82) is 0 Å². The zero-order chi connectivity index (χ0) is 17.0. The number of hydrogen-bond acceptors (Lipinski definition) is 7. The van der Waals surface area contributed by atoms with Crippen LogP contribution in [0.15, 0.2) is 0 Å². The van der Waals surface area contributed by atoms with Gasteiger partial charge in [-0.2, -0.15) is 0 Å². The second-order valence-corrected chi connectivity index (χ2v) is 5.27. The number of carboxylic acids is 1. The number of carbonyl (C=O) groups excluding carboxylic acids is 3. The summed E-state index contributed by atoms with van der Waals surface area (Å²) in [5.41, 5.74) is 0. The average molecular weight is 356 g/mol. The molecule has 0 fully saturated rings. The number of ether oxygens (including phenoxy) is 1. The van der Waals surface area contributed by atoms with Crippen molar-refractivity contribution in [3.63, 3.8) is 0 Å². The summed E-state index contributed by atoms with van der Waals surface area (Å²) in [5, 5.41) is 28.3. The van der Waals surface area contributed by atoms with Crippen molar-refractivity contribution < 1.29 is 85.8 Å².